The van der Waals surface area contributed by atoms with Crippen LogP contribution in [0.5, 0.6) is 0 Å². The normalized spacial score (nSPS) is 10.9. The monoisotopic (exact) mass is 398 g/mol. The Morgan fingerprint density at radius 2 is 1.82 bits per heavy atom. The molecule has 4 rings (SSSR count). The maximum Gasteiger partial charge on any atom is 0.291 e. The quantitative estimate of drug-likeness (QED) is 0.514. The average molecular weight is 399 g/mol. The van der Waals surface area contributed by atoms with Crippen molar-refractivity contribution in [3.63, 3.8) is 0 Å². The number of furan rings is 2. The van der Waals surface area contributed by atoms with E-state index >= 15 is 0 Å². The van der Waals surface area contributed by atoms with Crippen LogP contribution in [0, 0.1) is 5.82 Å². The number of carbonyl (C=O) groups excluding carboxylic acids is 2. The molecule has 2 aromatic carbocycles. The van der Waals surface area contributed by atoms with Crippen LogP contribution in [0.25, 0.3) is 22.3 Å². The fourth-order valence-electron chi connectivity index (χ4n) is 2.81. The fraction of sp³-hybridized carbons (Fsp3) is 0. The van der Waals surface area contributed by atoms with Gasteiger partial charge in [0.1, 0.15) is 22.8 Å². The first kappa shape index (κ1) is 17.8. The third-order valence-electron chi connectivity index (χ3n) is 4.08. The van der Waals surface area contributed by atoms with Crippen LogP contribution < -0.4 is 11.1 Å². The van der Waals surface area contributed by atoms with Gasteiger partial charge in [0.25, 0.3) is 11.8 Å². The number of fused-ring (bicyclic) bond motifs is 1. The zero-order valence-corrected chi connectivity index (χ0v) is 14.9. The summed E-state index contributed by atoms with van der Waals surface area (Å²) in [6.07, 6.45) is 0. The van der Waals surface area contributed by atoms with Crippen LogP contribution in [0.1, 0.15) is 21.1 Å². The lowest BCUT2D eigenvalue weighted by atomic mass is 10.2. The highest BCUT2D eigenvalue weighted by Gasteiger charge is 2.23. The number of hydrogen-bond donors (Lipinski definition) is 2. The van der Waals surface area contributed by atoms with E-state index in [-0.39, 0.29) is 28.2 Å². The second-order valence-electron chi connectivity index (χ2n) is 5.91. The van der Waals surface area contributed by atoms with Gasteiger partial charge in [-0.05, 0) is 42.5 Å². The number of halogens is 2. The lowest BCUT2D eigenvalue weighted by molar-refractivity contribution is 0.0977. The highest BCUT2D eigenvalue weighted by atomic mass is 35.5. The summed E-state index contributed by atoms with van der Waals surface area (Å²) in [6.45, 7) is 0. The lowest BCUT2D eigenvalue weighted by Crippen LogP contribution is -2.16. The lowest BCUT2D eigenvalue weighted by Gasteiger charge is -2.03. The summed E-state index contributed by atoms with van der Waals surface area (Å²) < 4.78 is 24.5. The molecule has 0 radical (unpaired) electrons. The molecule has 28 heavy (non-hydrogen) atoms. The van der Waals surface area contributed by atoms with Gasteiger partial charge in [-0.3, -0.25) is 9.59 Å². The van der Waals surface area contributed by atoms with Gasteiger partial charge in [-0.1, -0.05) is 23.7 Å². The van der Waals surface area contributed by atoms with E-state index in [9.17, 15) is 14.0 Å². The SMILES string of the molecule is NC(=O)c1oc2ccc(F)cc2c1NC(=O)c1ccc(-c2ccccc2Cl)o1. The topological polar surface area (TPSA) is 98.5 Å². The van der Waals surface area contributed by atoms with Crippen molar-refractivity contribution in [3.8, 4) is 11.3 Å². The summed E-state index contributed by atoms with van der Waals surface area (Å²) >= 11 is 6.14. The van der Waals surface area contributed by atoms with E-state index in [1.54, 1.807) is 30.3 Å². The molecule has 2 aromatic heterocycles. The summed E-state index contributed by atoms with van der Waals surface area (Å²) in [6, 6.07) is 13.7. The number of rotatable bonds is 4. The molecule has 140 valence electrons. The van der Waals surface area contributed by atoms with Crippen LogP contribution >= 0.6 is 11.6 Å². The van der Waals surface area contributed by atoms with Crippen molar-refractivity contribution in [2.75, 3.05) is 5.32 Å². The molecule has 0 fully saturated rings. The minimum absolute atomic E-state index is 0.0253. The Hall–Kier alpha value is -3.58. The van der Waals surface area contributed by atoms with E-state index in [0.29, 0.717) is 16.3 Å². The van der Waals surface area contributed by atoms with Gasteiger partial charge in [-0.25, -0.2) is 4.39 Å². The Morgan fingerprint density at radius 1 is 1.04 bits per heavy atom. The molecule has 4 aromatic rings. The Bertz CT molecular complexity index is 1230. The third kappa shape index (κ3) is 3.12. The Kier molecular flexibility index (Phi) is 4.37. The van der Waals surface area contributed by atoms with Crippen molar-refractivity contribution in [1.29, 1.82) is 0 Å². The summed E-state index contributed by atoms with van der Waals surface area (Å²) in [7, 11) is 0. The zero-order valence-electron chi connectivity index (χ0n) is 14.2. The van der Waals surface area contributed by atoms with E-state index in [0.717, 1.165) is 6.07 Å². The second kappa shape index (κ2) is 6.86. The van der Waals surface area contributed by atoms with Gasteiger partial charge in [0, 0.05) is 10.9 Å². The van der Waals surface area contributed by atoms with Crippen molar-refractivity contribution >= 4 is 40.1 Å². The molecule has 6 nitrogen and oxygen atoms in total. The summed E-state index contributed by atoms with van der Waals surface area (Å²) in [5.74, 6) is -2.04. The van der Waals surface area contributed by atoms with Gasteiger partial charge in [-0.15, -0.1) is 0 Å². The van der Waals surface area contributed by atoms with Crippen LogP contribution in [-0.2, 0) is 0 Å². The first-order valence-corrected chi connectivity index (χ1v) is 8.50. The number of carbonyl (C=O) groups is 2. The average Bonchev–Trinajstić information content (AvgIpc) is 3.28. The molecule has 0 bridgehead atoms. The molecule has 8 heteroatoms. The standard InChI is InChI=1S/C20H12ClFN2O4/c21-13-4-2-1-3-11(13)14-7-8-16(27-14)20(26)24-17-12-9-10(22)5-6-15(12)28-18(17)19(23)25/h1-9H,(H2,23,25)(H,24,26). The summed E-state index contributed by atoms with van der Waals surface area (Å²) in [5.41, 5.74) is 6.12. The second-order valence-corrected chi connectivity index (χ2v) is 6.32. The number of benzene rings is 2. The van der Waals surface area contributed by atoms with E-state index in [1.165, 1.54) is 18.2 Å². The fourth-order valence-corrected chi connectivity index (χ4v) is 3.04. The van der Waals surface area contributed by atoms with E-state index in [1.807, 2.05) is 0 Å². The van der Waals surface area contributed by atoms with Gasteiger partial charge in [-0.2, -0.15) is 0 Å². The van der Waals surface area contributed by atoms with Crippen molar-refractivity contribution in [2.24, 2.45) is 5.73 Å². The highest BCUT2D eigenvalue weighted by Crippen LogP contribution is 2.33. The van der Waals surface area contributed by atoms with Gasteiger partial charge in [0.05, 0.1) is 5.02 Å². The first-order chi connectivity index (χ1) is 13.4. The Labute approximate surface area is 162 Å². The van der Waals surface area contributed by atoms with Gasteiger partial charge >= 0.3 is 0 Å². The van der Waals surface area contributed by atoms with Crippen molar-refractivity contribution in [1.82, 2.24) is 0 Å². The van der Waals surface area contributed by atoms with Crippen molar-refractivity contribution in [2.45, 2.75) is 0 Å². The molecule has 0 aliphatic rings. The molecule has 0 saturated heterocycles. The van der Waals surface area contributed by atoms with Gasteiger partial charge in [0.15, 0.2) is 5.76 Å². The van der Waals surface area contributed by atoms with Crippen LogP contribution in [0.4, 0.5) is 10.1 Å². The number of anilines is 1. The first-order valence-electron chi connectivity index (χ1n) is 8.12. The van der Waals surface area contributed by atoms with Crippen molar-refractivity contribution < 1.29 is 22.8 Å². The molecule has 0 atom stereocenters. The number of hydrogen-bond acceptors (Lipinski definition) is 4. The predicted molar refractivity (Wildman–Crippen MR) is 102 cm³/mol. The van der Waals surface area contributed by atoms with E-state index < -0.39 is 17.6 Å². The number of primary amides is 1. The van der Waals surface area contributed by atoms with Gasteiger partial charge < -0.3 is 19.9 Å². The Balaban J connectivity index is 1.70. The van der Waals surface area contributed by atoms with Crippen LogP contribution in [0.15, 0.2) is 63.4 Å². The molecule has 2 amide bonds. The highest BCUT2D eigenvalue weighted by molar-refractivity contribution is 6.33. The molecule has 0 aliphatic heterocycles. The largest absolute Gasteiger partial charge is 0.451 e. The summed E-state index contributed by atoms with van der Waals surface area (Å²) in [5, 5.41) is 3.19. The number of amides is 2. The number of nitrogens with one attached hydrogen (secondary N) is 1. The molecule has 0 unspecified atom stereocenters. The van der Waals surface area contributed by atoms with Crippen LogP contribution in [0.3, 0.4) is 0 Å². The zero-order chi connectivity index (χ0) is 19.8. The summed E-state index contributed by atoms with van der Waals surface area (Å²) in [4.78, 5) is 24.3. The maximum absolute atomic E-state index is 13.6. The number of nitrogens with two attached hydrogens (primary N) is 1. The molecule has 3 N–H and O–H groups in total. The van der Waals surface area contributed by atoms with Crippen LogP contribution in [0.2, 0.25) is 5.02 Å². The smallest absolute Gasteiger partial charge is 0.291 e. The minimum Gasteiger partial charge on any atom is -0.451 e. The molecule has 0 spiro atoms. The predicted octanol–water partition coefficient (Wildman–Crippen LogP) is 4.84. The van der Waals surface area contributed by atoms with Crippen LogP contribution in [-0.4, -0.2) is 11.8 Å². The molecule has 0 aliphatic carbocycles. The molecule has 0 saturated carbocycles. The Morgan fingerprint density at radius 3 is 2.57 bits per heavy atom. The molecular weight excluding hydrogens is 387 g/mol. The third-order valence-corrected chi connectivity index (χ3v) is 4.41. The van der Waals surface area contributed by atoms with E-state index in [4.69, 9.17) is 26.2 Å². The molecular formula is C20H12ClFN2O4. The van der Waals surface area contributed by atoms with Crippen molar-refractivity contribution in [3.05, 3.63) is 77.0 Å². The minimum atomic E-state index is -0.900. The van der Waals surface area contributed by atoms with E-state index in [2.05, 4.69) is 5.32 Å². The maximum atomic E-state index is 13.6. The molecule has 2 heterocycles. The van der Waals surface area contributed by atoms with Gasteiger partial charge in [0.2, 0.25) is 5.76 Å².